The first-order valence-corrected chi connectivity index (χ1v) is 14.0. The second-order valence-electron chi connectivity index (χ2n) is 15.0. The Morgan fingerprint density at radius 1 is 0.833 bits per heavy atom. The molecule has 4 fully saturated rings. The van der Waals surface area contributed by atoms with Crippen molar-refractivity contribution in [1.29, 1.82) is 0 Å². The van der Waals surface area contributed by atoms with Crippen molar-refractivity contribution in [3.05, 3.63) is 11.6 Å². The van der Waals surface area contributed by atoms with E-state index in [1.807, 2.05) is 0 Å². The van der Waals surface area contributed by atoms with E-state index in [0.717, 1.165) is 38.5 Å². The third-order valence-corrected chi connectivity index (χ3v) is 13.1. The molecule has 6 nitrogen and oxygen atoms in total. The van der Waals surface area contributed by atoms with E-state index < -0.39 is 40.4 Å². The molecule has 5 aliphatic carbocycles. The van der Waals surface area contributed by atoms with Crippen LogP contribution in [0, 0.1) is 50.2 Å². The summed E-state index contributed by atoms with van der Waals surface area (Å²) in [6.07, 6.45) is 6.80. The van der Waals surface area contributed by atoms with Gasteiger partial charge in [0.05, 0.1) is 23.0 Å². The predicted molar refractivity (Wildman–Crippen MR) is 136 cm³/mol. The summed E-state index contributed by atoms with van der Waals surface area (Å²) in [5, 5.41) is 42.6. The van der Waals surface area contributed by atoms with E-state index >= 15 is 0 Å². The summed E-state index contributed by atoms with van der Waals surface area (Å²) >= 11 is 0. The molecule has 0 unspecified atom stereocenters. The summed E-state index contributed by atoms with van der Waals surface area (Å²) in [5.74, 6) is -1.71. The monoisotopic (exact) mass is 502 g/mol. The molecule has 36 heavy (non-hydrogen) atoms. The number of allylic oxidation sites excluding steroid dienone is 2. The molecular weight excluding hydrogens is 456 g/mol. The van der Waals surface area contributed by atoms with E-state index in [4.69, 9.17) is 0 Å². The highest BCUT2D eigenvalue weighted by Crippen LogP contribution is 2.75. The summed E-state index contributed by atoms with van der Waals surface area (Å²) in [4.78, 5) is 25.3. The number of fused-ring (bicyclic) bond motifs is 7. The Kier molecular flexibility index (Phi) is 5.53. The van der Waals surface area contributed by atoms with Crippen LogP contribution in [0.3, 0.4) is 0 Å². The summed E-state index contributed by atoms with van der Waals surface area (Å²) < 4.78 is 0. The fraction of sp³-hybridized carbons (Fsp3) is 0.867. The lowest BCUT2D eigenvalue weighted by molar-refractivity contribution is -0.239. The minimum atomic E-state index is -1.39. The van der Waals surface area contributed by atoms with Gasteiger partial charge in [0.2, 0.25) is 0 Å². The SMILES string of the molecule is CC1(C)CC[C@@]2(C(=O)O)CC[C@@]3(C)C(=CC[C@H]4[C@]5(C)C[C@@H](O)[C@@H](O)[C@](C)(C(=O)O)[C@H]5CC[C@@]43C)[C@H]2C1. The molecule has 0 heterocycles. The van der Waals surface area contributed by atoms with Gasteiger partial charge in [0.25, 0.3) is 0 Å². The number of rotatable bonds is 2. The predicted octanol–water partition coefficient (Wildman–Crippen LogP) is 5.27. The van der Waals surface area contributed by atoms with Gasteiger partial charge in [0, 0.05) is 0 Å². The van der Waals surface area contributed by atoms with Crippen molar-refractivity contribution in [2.45, 2.75) is 112 Å². The van der Waals surface area contributed by atoms with Gasteiger partial charge in [0.15, 0.2) is 0 Å². The number of hydrogen-bond donors (Lipinski definition) is 4. The van der Waals surface area contributed by atoms with Crippen LogP contribution in [0.25, 0.3) is 0 Å². The van der Waals surface area contributed by atoms with Gasteiger partial charge in [-0.15, -0.1) is 0 Å². The molecule has 6 heteroatoms. The lowest BCUT2D eigenvalue weighted by Crippen LogP contribution is -2.68. The molecule has 4 N–H and O–H groups in total. The first kappa shape index (κ1) is 26.2. The molecule has 10 atom stereocenters. The fourth-order valence-corrected chi connectivity index (χ4v) is 10.7. The molecule has 0 aromatic heterocycles. The lowest BCUT2D eigenvalue weighted by atomic mass is 9.33. The van der Waals surface area contributed by atoms with Crippen molar-refractivity contribution in [2.75, 3.05) is 0 Å². The van der Waals surface area contributed by atoms with Gasteiger partial charge in [-0.25, -0.2) is 0 Å². The zero-order valence-corrected chi connectivity index (χ0v) is 22.9. The van der Waals surface area contributed by atoms with E-state index in [-0.39, 0.29) is 34.0 Å². The van der Waals surface area contributed by atoms with Crippen LogP contribution >= 0.6 is 0 Å². The maximum Gasteiger partial charge on any atom is 0.312 e. The van der Waals surface area contributed by atoms with Crippen LogP contribution < -0.4 is 0 Å². The van der Waals surface area contributed by atoms with Crippen molar-refractivity contribution >= 4 is 11.9 Å². The topological polar surface area (TPSA) is 115 Å². The molecule has 0 saturated heterocycles. The van der Waals surface area contributed by atoms with Gasteiger partial charge in [0.1, 0.15) is 0 Å². The second kappa shape index (κ2) is 7.59. The molecule has 4 saturated carbocycles. The number of carbonyl (C=O) groups is 2. The number of aliphatic hydroxyl groups excluding tert-OH is 2. The summed E-state index contributed by atoms with van der Waals surface area (Å²) in [6, 6.07) is 0. The van der Waals surface area contributed by atoms with Gasteiger partial charge in [-0.3, -0.25) is 9.59 Å². The maximum atomic E-state index is 12.8. The van der Waals surface area contributed by atoms with E-state index in [1.165, 1.54) is 5.57 Å². The molecule has 0 amide bonds. The van der Waals surface area contributed by atoms with Crippen LogP contribution in [0.4, 0.5) is 0 Å². The zero-order valence-electron chi connectivity index (χ0n) is 22.9. The molecule has 0 aliphatic heterocycles. The average molecular weight is 503 g/mol. The normalized spacial score (nSPS) is 53.7. The smallest absolute Gasteiger partial charge is 0.312 e. The molecule has 0 radical (unpaired) electrons. The number of carboxylic acid groups (broad SMARTS) is 2. The standard InChI is InChI=1S/C30H46O6/c1-25(2)11-13-30(24(35)36)14-12-27(4)17(18(30)15-25)7-8-20-26(3)16-19(31)22(32)29(6,23(33)34)21(26)9-10-28(20,27)5/h7,18-22,31-32H,8-16H2,1-6H3,(H,33,34)(H,35,36)/t18-,19-,20+,21+,22-,26+,27+,28+,29-,30-/m1/s1. The second-order valence-corrected chi connectivity index (χ2v) is 15.0. The summed E-state index contributed by atoms with van der Waals surface area (Å²) in [7, 11) is 0. The van der Waals surface area contributed by atoms with Gasteiger partial charge in [-0.05, 0) is 104 Å². The molecule has 5 aliphatic rings. The van der Waals surface area contributed by atoms with Crippen molar-refractivity contribution in [3.63, 3.8) is 0 Å². The molecule has 0 aromatic rings. The Balaban J connectivity index is 1.62. The van der Waals surface area contributed by atoms with Crippen molar-refractivity contribution < 1.29 is 30.0 Å². The van der Waals surface area contributed by atoms with Crippen LogP contribution in [-0.4, -0.2) is 44.6 Å². The molecule has 0 bridgehead atoms. The number of aliphatic hydroxyl groups is 2. The van der Waals surface area contributed by atoms with Crippen LogP contribution in [0.15, 0.2) is 11.6 Å². The first-order valence-electron chi connectivity index (χ1n) is 14.0. The molecule has 202 valence electrons. The maximum absolute atomic E-state index is 12.8. The van der Waals surface area contributed by atoms with Crippen LogP contribution in [0.2, 0.25) is 0 Å². The van der Waals surface area contributed by atoms with Crippen molar-refractivity contribution in [2.24, 2.45) is 50.2 Å². The molecule has 5 rings (SSSR count). The molecule has 0 aromatic carbocycles. The highest BCUT2D eigenvalue weighted by Gasteiger charge is 2.71. The minimum Gasteiger partial charge on any atom is -0.481 e. The Labute approximate surface area is 215 Å². The van der Waals surface area contributed by atoms with E-state index in [9.17, 15) is 30.0 Å². The van der Waals surface area contributed by atoms with Gasteiger partial charge < -0.3 is 20.4 Å². The lowest BCUT2D eigenvalue weighted by Gasteiger charge is -2.71. The van der Waals surface area contributed by atoms with Crippen molar-refractivity contribution in [1.82, 2.24) is 0 Å². The zero-order chi connectivity index (χ0) is 26.7. The van der Waals surface area contributed by atoms with Crippen molar-refractivity contribution in [3.8, 4) is 0 Å². The van der Waals surface area contributed by atoms with Gasteiger partial charge in [-0.2, -0.15) is 0 Å². The van der Waals surface area contributed by atoms with E-state index in [0.29, 0.717) is 19.3 Å². The summed E-state index contributed by atoms with van der Waals surface area (Å²) in [6.45, 7) is 13.0. The summed E-state index contributed by atoms with van der Waals surface area (Å²) in [5.41, 5.74) is -1.36. The van der Waals surface area contributed by atoms with Crippen LogP contribution in [0.5, 0.6) is 0 Å². The van der Waals surface area contributed by atoms with Crippen LogP contribution in [0.1, 0.15) is 99.3 Å². The molecular formula is C30H46O6. The highest BCUT2D eigenvalue weighted by molar-refractivity contribution is 5.77. The minimum absolute atomic E-state index is 0.0314. The van der Waals surface area contributed by atoms with E-state index in [2.05, 4.69) is 40.7 Å². The number of hydrogen-bond acceptors (Lipinski definition) is 4. The quantitative estimate of drug-likeness (QED) is 0.383. The Morgan fingerprint density at radius 3 is 2.08 bits per heavy atom. The third-order valence-electron chi connectivity index (χ3n) is 13.1. The Morgan fingerprint density at radius 2 is 1.47 bits per heavy atom. The number of aliphatic carboxylic acids is 2. The van der Waals surface area contributed by atoms with Gasteiger partial charge in [-0.1, -0.05) is 46.3 Å². The molecule has 0 spiro atoms. The third kappa shape index (κ3) is 2.98. The van der Waals surface area contributed by atoms with Gasteiger partial charge >= 0.3 is 11.9 Å². The highest BCUT2D eigenvalue weighted by atomic mass is 16.4. The Hall–Kier alpha value is -1.40. The number of carboxylic acids is 2. The average Bonchev–Trinajstić information content (AvgIpc) is 2.77. The van der Waals surface area contributed by atoms with Crippen LogP contribution in [-0.2, 0) is 9.59 Å². The Bertz CT molecular complexity index is 1020. The van der Waals surface area contributed by atoms with E-state index in [1.54, 1.807) is 6.92 Å². The first-order chi connectivity index (χ1) is 16.5. The fourth-order valence-electron chi connectivity index (χ4n) is 10.7. The largest absolute Gasteiger partial charge is 0.481 e.